The van der Waals surface area contributed by atoms with Crippen molar-refractivity contribution in [3.8, 4) is 0 Å². The van der Waals surface area contributed by atoms with E-state index in [0.717, 1.165) is 0 Å². The molecule has 0 radical (unpaired) electrons. The van der Waals surface area contributed by atoms with E-state index in [4.69, 9.17) is 9.15 Å². The number of nitro benzene ring substituents is 1. The Bertz CT molecular complexity index is 1120. The summed E-state index contributed by atoms with van der Waals surface area (Å²) in [5.74, 6) is -0.676. The van der Waals surface area contributed by atoms with Crippen LogP contribution in [0, 0.1) is 10.1 Å². The molecule has 0 saturated carbocycles. The monoisotopic (exact) mass is 436 g/mol. The van der Waals surface area contributed by atoms with Crippen LogP contribution < -0.4 is 15.5 Å². The number of morpholine rings is 1. The molecule has 2 aromatic carbocycles. The number of hydrogen-bond acceptors (Lipinski definition) is 7. The van der Waals surface area contributed by atoms with Crippen LogP contribution in [0.1, 0.15) is 20.9 Å². The van der Waals surface area contributed by atoms with Crippen LogP contribution in [-0.4, -0.2) is 43.0 Å². The fraction of sp³-hybridized carbons (Fsp3) is 0.182. The van der Waals surface area contributed by atoms with Gasteiger partial charge in [-0.1, -0.05) is 0 Å². The molecule has 1 fully saturated rings. The molecule has 0 unspecified atom stereocenters. The number of amides is 2. The maximum Gasteiger partial charge on any atom is 0.291 e. The van der Waals surface area contributed by atoms with Gasteiger partial charge in [-0.15, -0.1) is 0 Å². The largest absolute Gasteiger partial charge is 0.459 e. The molecule has 1 aromatic heterocycles. The first kappa shape index (κ1) is 21.1. The lowest BCUT2D eigenvalue weighted by atomic mass is 10.1. The van der Waals surface area contributed by atoms with E-state index in [0.29, 0.717) is 43.4 Å². The van der Waals surface area contributed by atoms with E-state index in [1.165, 1.54) is 18.4 Å². The number of ether oxygens (including phenoxy) is 1. The molecule has 2 N–H and O–H groups in total. The van der Waals surface area contributed by atoms with Crippen molar-refractivity contribution in [2.75, 3.05) is 41.8 Å². The highest BCUT2D eigenvalue weighted by Gasteiger charge is 2.22. The predicted octanol–water partition coefficient (Wildman–Crippen LogP) is 3.53. The Morgan fingerprint density at radius 3 is 2.19 bits per heavy atom. The number of nitrogens with zero attached hydrogens (tertiary/aromatic N) is 2. The summed E-state index contributed by atoms with van der Waals surface area (Å²) >= 11 is 0. The standard InChI is InChI=1S/C22H20N4O6/c27-21(18-14-17(26(29)30)7-8-19(18)25-9-12-31-13-10-25)23-15-3-5-16(6-4-15)24-22(28)20-2-1-11-32-20/h1-8,11,14H,9-10,12-13H2,(H,23,27)(H,24,28). The van der Waals surface area contributed by atoms with Crippen molar-refractivity contribution in [2.24, 2.45) is 0 Å². The minimum Gasteiger partial charge on any atom is -0.459 e. The molecule has 0 aliphatic carbocycles. The third-order valence-electron chi connectivity index (χ3n) is 4.93. The van der Waals surface area contributed by atoms with Gasteiger partial charge in [0.05, 0.1) is 35.7 Å². The lowest BCUT2D eigenvalue weighted by Crippen LogP contribution is -2.37. The second-order valence-electron chi connectivity index (χ2n) is 7.02. The summed E-state index contributed by atoms with van der Waals surface area (Å²) < 4.78 is 10.4. The molecule has 164 valence electrons. The Balaban J connectivity index is 1.50. The van der Waals surface area contributed by atoms with Gasteiger partial charge in [-0.3, -0.25) is 19.7 Å². The summed E-state index contributed by atoms with van der Waals surface area (Å²) in [5, 5.41) is 16.7. The lowest BCUT2D eigenvalue weighted by molar-refractivity contribution is -0.384. The van der Waals surface area contributed by atoms with Crippen LogP contribution in [0.4, 0.5) is 22.7 Å². The Labute approximate surface area is 182 Å². The number of carbonyl (C=O) groups is 2. The van der Waals surface area contributed by atoms with Crippen LogP contribution in [0.5, 0.6) is 0 Å². The van der Waals surface area contributed by atoms with Crippen LogP contribution in [0.3, 0.4) is 0 Å². The second-order valence-corrected chi connectivity index (χ2v) is 7.02. The summed E-state index contributed by atoms with van der Waals surface area (Å²) in [6.07, 6.45) is 1.41. The minimum absolute atomic E-state index is 0.164. The quantitative estimate of drug-likeness (QED) is 0.447. The summed E-state index contributed by atoms with van der Waals surface area (Å²) in [4.78, 5) is 37.7. The van der Waals surface area contributed by atoms with Crippen LogP contribution in [0.2, 0.25) is 0 Å². The molecular weight excluding hydrogens is 416 g/mol. The van der Waals surface area contributed by atoms with Crippen LogP contribution in [0.25, 0.3) is 0 Å². The Morgan fingerprint density at radius 2 is 1.59 bits per heavy atom. The fourth-order valence-electron chi connectivity index (χ4n) is 3.34. The molecule has 10 heteroatoms. The van der Waals surface area contributed by atoms with Gasteiger partial charge in [0.25, 0.3) is 17.5 Å². The van der Waals surface area contributed by atoms with Crippen LogP contribution in [-0.2, 0) is 4.74 Å². The number of non-ortho nitro benzene ring substituents is 1. The fourth-order valence-corrected chi connectivity index (χ4v) is 3.34. The van der Waals surface area contributed by atoms with Crippen molar-refractivity contribution in [1.29, 1.82) is 0 Å². The summed E-state index contributed by atoms with van der Waals surface area (Å²) in [6.45, 7) is 2.21. The van der Waals surface area contributed by atoms with Gasteiger partial charge in [0, 0.05) is 36.6 Å². The second kappa shape index (κ2) is 9.31. The number of hydrogen-bond donors (Lipinski definition) is 2. The van der Waals surface area contributed by atoms with Crippen molar-refractivity contribution in [2.45, 2.75) is 0 Å². The third-order valence-corrected chi connectivity index (χ3v) is 4.93. The molecule has 3 aromatic rings. The molecule has 10 nitrogen and oxygen atoms in total. The molecule has 0 bridgehead atoms. The zero-order chi connectivity index (χ0) is 22.5. The number of rotatable bonds is 6. The molecule has 1 aliphatic heterocycles. The number of benzene rings is 2. The number of carbonyl (C=O) groups excluding carboxylic acids is 2. The highest BCUT2D eigenvalue weighted by molar-refractivity contribution is 6.09. The van der Waals surface area contributed by atoms with Crippen molar-refractivity contribution in [1.82, 2.24) is 0 Å². The van der Waals surface area contributed by atoms with Gasteiger partial charge in [0.15, 0.2) is 5.76 Å². The molecule has 0 spiro atoms. The maximum absolute atomic E-state index is 13.0. The highest BCUT2D eigenvalue weighted by Crippen LogP contribution is 2.27. The molecule has 0 atom stereocenters. The SMILES string of the molecule is O=C(Nc1ccc(NC(=O)c2cc([N+](=O)[O-])ccc2N2CCOCC2)cc1)c1ccco1. The van der Waals surface area contributed by atoms with Crippen molar-refractivity contribution < 1.29 is 23.7 Å². The topological polar surface area (TPSA) is 127 Å². The zero-order valence-electron chi connectivity index (χ0n) is 16.9. The predicted molar refractivity (Wildman–Crippen MR) is 117 cm³/mol. The average Bonchev–Trinajstić information content (AvgIpc) is 3.36. The molecule has 2 amide bonds. The highest BCUT2D eigenvalue weighted by atomic mass is 16.6. The van der Waals surface area contributed by atoms with E-state index in [2.05, 4.69) is 10.6 Å². The van der Waals surface area contributed by atoms with Gasteiger partial charge < -0.3 is 24.7 Å². The number of nitro groups is 1. The number of furan rings is 1. The van der Waals surface area contributed by atoms with Gasteiger partial charge in [0.1, 0.15) is 0 Å². The first-order valence-corrected chi connectivity index (χ1v) is 9.88. The summed E-state index contributed by atoms with van der Waals surface area (Å²) in [6, 6.07) is 13.9. The first-order valence-electron chi connectivity index (χ1n) is 9.88. The van der Waals surface area contributed by atoms with Crippen molar-refractivity contribution >= 4 is 34.6 Å². The van der Waals surface area contributed by atoms with Gasteiger partial charge >= 0.3 is 0 Å². The van der Waals surface area contributed by atoms with E-state index < -0.39 is 16.7 Å². The van der Waals surface area contributed by atoms with E-state index in [9.17, 15) is 19.7 Å². The average molecular weight is 436 g/mol. The van der Waals surface area contributed by atoms with Gasteiger partial charge in [-0.25, -0.2) is 0 Å². The van der Waals surface area contributed by atoms with Crippen molar-refractivity contribution in [3.05, 3.63) is 82.3 Å². The summed E-state index contributed by atoms with van der Waals surface area (Å²) in [5.41, 5.74) is 1.65. The Morgan fingerprint density at radius 1 is 0.938 bits per heavy atom. The van der Waals surface area contributed by atoms with Crippen molar-refractivity contribution in [3.63, 3.8) is 0 Å². The molecule has 1 aliphatic rings. The van der Waals surface area contributed by atoms with Gasteiger partial charge in [-0.2, -0.15) is 0 Å². The van der Waals surface area contributed by atoms with Gasteiger partial charge in [0.2, 0.25) is 0 Å². The van der Waals surface area contributed by atoms with Gasteiger partial charge in [-0.05, 0) is 42.5 Å². The van der Waals surface area contributed by atoms with Crippen LogP contribution >= 0.6 is 0 Å². The number of anilines is 3. The van der Waals surface area contributed by atoms with E-state index in [1.807, 2.05) is 4.90 Å². The molecule has 2 heterocycles. The maximum atomic E-state index is 13.0. The Hall–Kier alpha value is -4.18. The molecule has 32 heavy (non-hydrogen) atoms. The van der Waals surface area contributed by atoms with Crippen LogP contribution in [0.15, 0.2) is 65.3 Å². The number of nitrogens with one attached hydrogen (secondary N) is 2. The minimum atomic E-state index is -0.531. The summed E-state index contributed by atoms with van der Waals surface area (Å²) in [7, 11) is 0. The normalized spacial score (nSPS) is 13.4. The van der Waals surface area contributed by atoms with E-state index in [-0.39, 0.29) is 17.0 Å². The smallest absolute Gasteiger partial charge is 0.291 e. The molecular formula is C22H20N4O6. The van der Waals surface area contributed by atoms with E-state index >= 15 is 0 Å². The molecule has 1 saturated heterocycles. The lowest BCUT2D eigenvalue weighted by Gasteiger charge is -2.30. The zero-order valence-corrected chi connectivity index (χ0v) is 16.9. The third kappa shape index (κ3) is 4.76. The Kier molecular flexibility index (Phi) is 6.13. The molecule has 4 rings (SSSR count). The van der Waals surface area contributed by atoms with E-state index in [1.54, 1.807) is 42.5 Å². The first-order chi connectivity index (χ1) is 15.5.